The van der Waals surface area contributed by atoms with Crippen LogP contribution in [-0.2, 0) is 14.8 Å². The van der Waals surface area contributed by atoms with Gasteiger partial charge in [0.1, 0.15) is 5.82 Å². The molecule has 1 aliphatic carbocycles. The van der Waals surface area contributed by atoms with E-state index in [1.54, 1.807) is 19.1 Å². The van der Waals surface area contributed by atoms with Gasteiger partial charge in [0.05, 0.1) is 15.7 Å². The summed E-state index contributed by atoms with van der Waals surface area (Å²) in [5.41, 5.74) is 0.802. The largest absolute Gasteiger partial charge is 0.339 e. The molecule has 1 saturated carbocycles. The lowest BCUT2D eigenvalue weighted by atomic mass is 9.85. The van der Waals surface area contributed by atoms with Crippen molar-refractivity contribution in [1.29, 1.82) is 0 Å². The Morgan fingerprint density at radius 1 is 1.18 bits per heavy atom. The van der Waals surface area contributed by atoms with Crippen LogP contribution in [0.2, 0.25) is 0 Å². The second-order valence-electron chi connectivity index (χ2n) is 8.97. The highest BCUT2D eigenvalue weighted by Gasteiger charge is 2.35. The Morgan fingerprint density at radius 3 is 2.74 bits per heavy atom. The Balaban J connectivity index is 1.32. The van der Waals surface area contributed by atoms with E-state index in [2.05, 4.69) is 20.4 Å². The number of amides is 1. The van der Waals surface area contributed by atoms with Gasteiger partial charge in [-0.05, 0) is 57.7 Å². The molecular formula is C23H27N5O4S2. The lowest BCUT2D eigenvalue weighted by Crippen LogP contribution is -2.43. The van der Waals surface area contributed by atoms with E-state index in [0.717, 1.165) is 18.5 Å². The van der Waals surface area contributed by atoms with E-state index in [1.165, 1.54) is 22.1 Å². The van der Waals surface area contributed by atoms with Crippen LogP contribution in [0.4, 0.5) is 5.82 Å². The fourth-order valence-electron chi connectivity index (χ4n) is 4.34. The summed E-state index contributed by atoms with van der Waals surface area (Å²) in [6.07, 6.45) is 4.51. The van der Waals surface area contributed by atoms with Crippen LogP contribution in [-0.4, -0.2) is 46.8 Å². The lowest BCUT2D eigenvalue weighted by Gasteiger charge is -2.31. The molecule has 0 radical (unpaired) electrons. The number of sulfonamides is 1. The van der Waals surface area contributed by atoms with Crippen LogP contribution in [0.1, 0.15) is 54.5 Å². The number of piperidine rings is 1. The van der Waals surface area contributed by atoms with Crippen LogP contribution in [0.3, 0.4) is 0 Å². The molecule has 4 heterocycles. The zero-order valence-electron chi connectivity index (χ0n) is 19.2. The minimum atomic E-state index is -3.77. The topological polar surface area (TPSA) is 118 Å². The highest BCUT2D eigenvalue weighted by molar-refractivity contribution is 7.89. The maximum absolute atomic E-state index is 13.5. The Labute approximate surface area is 202 Å². The summed E-state index contributed by atoms with van der Waals surface area (Å²) in [6, 6.07) is 7.04. The van der Waals surface area contributed by atoms with Crippen molar-refractivity contribution in [2.24, 2.45) is 5.92 Å². The van der Waals surface area contributed by atoms with Crippen molar-refractivity contribution < 1.29 is 17.7 Å². The minimum absolute atomic E-state index is 0.138. The van der Waals surface area contributed by atoms with E-state index in [-0.39, 0.29) is 17.3 Å². The summed E-state index contributed by atoms with van der Waals surface area (Å²) in [4.78, 5) is 23.2. The van der Waals surface area contributed by atoms with Crippen LogP contribution in [0.5, 0.6) is 0 Å². The van der Waals surface area contributed by atoms with Crippen molar-refractivity contribution >= 4 is 33.1 Å². The predicted octanol–water partition coefficient (Wildman–Crippen LogP) is 4.12. The van der Waals surface area contributed by atoms with Gasteiger partial charge in [-0.15, -0.1) is 11.3 Å². The van der Waals surface area contributed by atoms with Gasteiger partial charge in [-0.3, -0.25) is 4.79 Å². The molecule has 0 unspecified atom stereocenters. The van der Waals surface area contributed by atoms with Crippen molar-refractivity contribution in [2.45, 2.75) is 56.8 Å². The smallest absolute Gasteiger partial charge is 0.244 e. The Kier molecular flexibility index (Phi) is 6.26. The number of nitrogens with one attached hydrogen (secondary N) is 1. The third-order valence-electron chi connectivity index (χ3n) is 6.50. The first-order valence-corrected chi connectivity index (χ1v) is 13.8. The molecule has 5 rings (SSSR count). The van der Waals surface area contributed by atoms with Crippen molar-refractivity contribution in [1.82, 2.24) is 19.4 Å². The molecule has 1 aliphatic heterocycles. The molecule has 34 heavy (non-hydrogen) atoms. The average molecular weight is 502 g/mol. The van der Waals surface area contributed by atoms with Crippen LogP contribution >= 0.6 is 11.3 Å². The first-order chi connectivity index (χ1) is 16.3. The molecule has 3 aromatic rings. The SMILES string of the molecule is Cc1cccc(NC(=O)[C@@H]2CCCN(S(=O)(=O)c3cc(-c4noc(C5CCC5)n4)sc3C)C2)n1. The minimum Gasteiger partial charge on any atom is -0.339 e. The Bertz CT molecular complexity index is 1310. The van der Waals surface area contributed by atoms with Crippen LogP contribution in [0.15, 0.2) is 33.7 Å². The molecule has 1 amide bonds. The zero-order chi connectivity index (χ0) is 23.9. The van der Waals surface area contributed by atoms with Gasteiger partial charge in [0.2, 0.25) is 27.6 Å². The highest BCUT2D eigenvalue weighted by Crippen LogP contribution is 2.38. The molecule has 9 nitrogen and oxygen atoms in total. The molecular weight excluding hydrogens is 474 g/mol. The van der Waals surface area contributed by atoms with E-state index in [1.807, 2.05) is 19.1 Å². The number of aromatic nitrogens is 3. The number of hydrogen-bond acceptors (Lipinski definition) is 8. The summed E-state index contributed by atoms with van der Waals surface area (Å²) >= 11 is 1.34. The zero-order valence-corrected chi connectivity index (χ0v) is 20.8. The Hall–Kier alpha value is -2.63. The second kappa shape index (κ2) is 9.20. The molecule has 11 heteroatoms. The predicted molar refractivity (Wildman–Crippen MR) is 128 cm³/mol. The van der Waals surface area contributed by atoms with E-state index in [4.69, 9.17) is 4.52 Å². The quantitative estimate of drug-likeness (QED) is 0.540. The maximum atomic E-state index is 13.5. The van der Waals surface area contributed by atoms with Crippen molar-refractivity contribution in [2.75, 3.05) is 18.4 Å². The lowest BCUT2D eigenvalue weighted by molar-refractivity contribution is -0.120. The summed E-state index contributed by atoms with van der Waals surface area (Å²) < 4.78 is 33.9. The van der Waals surface area contributed by atoms with Gasteiger partial charge in [0.15, 0.2) is 0 Å². The molecule has 1 atom stereocenters. The van der Waals surface area contributed by atoms with Gasteiger partial charge in [-0.2, -0.15) is 9.29 Å². The average Bonchev–Trinajstić information content (AvgIpc) is 3.40. The van der Waals surface area contributed by atoms with Gasteiger partial charge < -0.3 is 9.84 Å². The van der Waals surface area contributed by atoms with E-state index in [9.17, 15) is 13.2 Å². The second-order valence-corrected chi connectivity index (χ2v) is 12.1. The van der Waals surface area contributed by atoms with Crippen LogP contribution < -0.4 is 5.32 Å². The van der Waals surface area contributed by atoms with Crippen molar-refractivity contribution in [3.05, 3.63) is 40.7 Å². The molecule has 1 saturated heterocycles. The third kappa shape index (κ3) is 4.51. The van der Waals surface area contributed by atoms with Crippen LogP contribution in [0.25, 0.3) is 10.7 Å². The monoisotopic (exact) mass is 501 g/mol. The number of anilines is 1. The number of thiophene rings is 1. The summed E-state index contributed by atoms with van der Waals surface area (Å²) in [6.45, 7) is 4.16. The maximum Gasteiger partial charge on any atom is 0.244 e. The molecule has 3 aromatic heterocycles. The fraction of sp³-hybridized carbons (Fsp3) is 0.478. The molecule has 180 valence electrons. The third-order valence-corrected chi connectivity index (χ3v) is 9.67. The van der Waals surface area contributed by atoms with Gasteiger partial charge in [-0.1, -0.05) is 17.6 Å². The number of aryl methyl sites for hydroxylation is 2. The van der Waals surface area contributed by atoms with E-state index in [0.29, 0.717) is 52.6 Å². The number of pyridine rings is 1. The molecule has 2 fully saturated rings. The number of carbonyl (C=O) groups excluding carboxylic acids is 1. The molecule has 2 aliphatic rings. The van der Waals surface area contributed by atoms with Crippen molar-refractivity contribution in [3.63, 3.8) is 0 Å². The molecule has 0 spiro atoms. The van der Waals surface area contributed by atoms with E-state index < -0.39 is 15.9 Å². The van der Waals surface area contributed by atoms with Crippen molar-refractivity contribution in [3.8, 4) is 10.7 Å². The standard InChI is InChI=1S/C23H27N5O4S2/c1-14-6-3-10-20(24-14)25-22(29)17-9-5-11-28(13-17)34(30,31)19-12-18(33-15(19)2)21-26-23(32-27-21)16-7-4-8-16/h3,6,10,12,16-17H,4-5,7-9,11,13H2,1-2H3,(H,24,25,29)/t17-/m1/s1. The number of carbonyl (C=O) groups is 1. The number of hydrogen-bond donors (Lipinski definition) is 1. The first-order valence-electron chi connectivity index (χ1n) is 11.5. The fourth-order valence-corrected chi connectivity index (χ4v) is 7.35. The number of nitrogens with zero attached hydrogens (tertiary/aromatic N) is 4. The number of rotatable bonds is 6. The van der Waals surface area contributed by atoms with Crippen LogP contribution in [0, 0.1) is 19.8 Å². The summed E-state index contributed by atoms with van der Waals surface area (Å²) in [7, 11) is -3.77. The van der Waals surface area contributed by atoms with Gasteiger partial charge in [0.25, 0.3) is 0 Å². The molecule has 0 aromatic carbocycles. The van der Waals surface area contributed by atoms with E-state index >= 15 is 0 Å². The summed E-state index contributed by atoms with van der Waals surface area (Å²) in [5.74, 6) is 1.20. The normalized spacial score (nSPS) is 19.6. The summed E-state index contributed by atoms with van der Waals surface area (Å²) in [5, 5.41) is 6.90. The van der Waals surface area contributed by atoms with Gasteiger partial charge in [-0.25, -0.2) is 13.4 Å². The van der Waals surface area contributed by atoms with Gasteiger partial charge >= 0.3 is 0 Å². The first kappa shape index (κ1) is 23.1. The highest BCUT2D eigenvalue weighted by atomic mass is 32.2. The van der Waals surface area contributed by atoms with Gasteiger partial charge in [0, 0.05) is 29.6 Å². The molecule has 1 N–H and O–H groups in total. The Morgan fingerprint density at radius 2 is 2.00 bits per heavy atom. The molecule has 0 bridgehead atoms.